The molecule has 8 nitrogen and oxygen atoms in total. The van der Waals surface area contributed by atoms with E-state index in [-0.39, 0.29) is 34.7 Å². The molecule has 1 atom stereocenters. The standard InChI is InChI=1S/C21H15FN8/c22-15-7-2-1-6-13(15)11-4-3-5-12(8-11)18-16-17(25)14(9-23)19(26)29-20(16)30-21(28-18)27-10-24/h1-8,18H,(H6,25,26,27,28,29,30). The van der Waals surface area contributed by atoms with E-state index in [0.717, 1.165) is 0 Å². The van der Waals surface area contributed by atoms with Crippen LogP contribution in [0.15, 0.2) is 53.5 Å². The molecule has 30 heavy (non-hydrogen) atoms. The number of pyridine rings is 1. The predicted molar refractivity (Wildman–Crippen MR) is 111 cm³/mol. The lowest BCUT2D eigenvalue weighted by Crippen LogP contribution is -2.32. The zero-order valence-electron chi connectivity index (χ0n) is 15.5. The lowest BCUT2D eigenvalue weighted by atomic mass is 9.93. The zero-order chi connectivity index (χ0) is 21.3. The third kappa shape index (κ3) is 3.11. The minimum Gasteiger partial charge on any atom is -0.397 e. The van der Waals surface area contributed by atoms with Gasteiger partial charge in [-0.15, -0.1) is 0 Å². The van der Waals surface area contributed by atoms with Gasteiger partial charge in [0.15, 0.2) is 6.19 Å². The van der Waals surface area contributed by atoms with Gasteiger partial charge in [0.2, 0.25) is 5.96 Å². The molecule has 4 rings (SSSR count). The van der Waals surface area contributed by atoms with Crippen LogP contribution in [0, 0.1) is 28.6 Å². The molecule has 6 N–H and O–H groups in total. The Hall–Kier alpha value is -4.63. The molecule has 1 aliphatic heterocycles. The van der Waals surface area contributed by atoms with Gasteiger partial charge in [-0.2, -0.15) is 10.5 Å². The fourth-order valence-corrected chi connectivity index (χ4v) is 3.39. The van der Waals surface area contributed by atoms with Crippen LogP contribution in [0.5, 0.6) is 0 Å². The lowest BCUT2D eigenvalue weighted by Gasteiger charge is -2.26. The second kappa shape index (κ2) is 7.41. The molecule has 0 spiro atoms. The number of fused-ring (bicyclic) bond motifs is 1. The molecule has 0 bridgehead atoms. The van der Waals surface area contributed by atoms with Crippen molar-refractivity contribution in [3.63, 3.8) is 0 Å². The molecule has 9 heteroatoms. The number of halogens is 1. The van der Waals surface area contributed by atoms with Gasteiger partial charge in [-0.3, -0.25) is 5.32 Å². The Morgan fingerprint density at radius 3 is 2.63 bits per heavy atom. The summed E-state index contributed by atoms with van der Waals surface area (Å²) < 4.78 is 14.3. The van der Waals surface area contributed by atoms with Crippen molar-refractivity contribution in [2.45, 2.75) is 6.04 Å². The number of nitrogens with one attached hydrogen (secondary N) is 2. The lowest BCUT2D eigenvalue weighted by molar-refractivity contribution is 0.631. The van der Waals surface area contributed by atoms with Crippen molar-refractivity contribution in [2.24, 2.45) is 4.99 Å². The van der Waals surface area contributed by atoms with Crippen molar-refractivity contribution in [3.8, 4) is 23.4 Å². The SMILES string of the molecule is N#CNC1=NC(c2cccc(-c3ccccc3F)c2)c2c(nc(N)c(C#N)c2N)N1. The van der Waals surface area contributed by atoms with Gasteiger partial charge in [0.25, 0.3) is 0 Å². The molecule has 3 aromatic rings. The molecular weight excluding hydrogens is 383 g/mol. The number of nitrogen functional groups attached to an aromatic ring is 2. The number of nitrogens with two attached hydrogens (primary N) is 2. The minimum absolute atomic E-state index is 0.0293. The number of aliphatic imine (C=N–C) groups is 1. The second-order valence-electron chi connectivity index (χ2n) is 6.51. The monoisotopic (exact) mass is 398 g/mol. The third-order valence-electron chi connectivity index (χ3n) is 4.74. The van der Waals surface area contributed by atoms with Crippen molar-refractivity contribution in [1.29, 1.82) is 10.5 Å². The second-order valence-corrected chi connectivity index (χ2v) is 6.51. The first-order chi connectivity index (χ1) is 14.5. The van der Waals surface area contributed by atoms with E-state index < -0.39 is 6.04 Å². The van der Waals surface area contributed by atoms with E-state index in [1.165, 1.54) is 6.07 Å². The molecule has 146 valence electrons. The van der Waals surface area contributed by atoms with Crippen LogP contribution in [0.25, 0.3) is 11.1 Å². The van der Waals surface area contributed by atoms with Crippen molar-refractivity contribution in [2.75, 3.05) is 16.8 Å². The summed E-state index contributed by atoms with van der Waals surface area (Å²) in [4.78, 5) is 8.74. The maximum absolute atomic E-state index is 14.3. The van der Waals surface area contributed by atoms with E-state index >= 15 is 0 Å². The van der Waals surface area contributed by atoms with Crippen molar-refractivity contribution >= 4 is 23.3 Å². The van der Waals surface area contributed by atoms with Gasteiger partial charge < -0.3 is 16.8 Å². The summed E-state index contributed by atoms with van der Waals surface area (Å²) in [5.41, 5.74) is 14.5. The van der Waals surface area contributed by atoms with Crippen molar-refractivity contribution in [1.82, 2.24) is 10.3 Å². The van der Waals surface area contributed by atoms with Crippen LogP contribution in [0.3, 0.4) is 0 Å². The van der Waals surface area contributed by atoms with E-state index in [4.69, 9.17) is 16.7 Å². The van der Waals surface area contributed by atoms with Gasteiger partial charge in [0.1, 0.15) is 35.1 Å². The number of benzene rings is 2. The molecule has 2 aromatic carbocycles. The highest BCUT2D eigenvalue weighted by Crippen LogP contribution is 2.41. The summed E-state index contributed by atoms with van der Waals surface area (Å²) in [5, 5.41) is 23.7. The fraction of sp³-hybridized carbons (Fsp3) is 0.0476. The van der Waals surface area contributed by atoms with Gasteiger partial charge in [-0.05, 0) is 23.3 Å². The van der Waals surface area contributed by atoms with E-state index in [1.807, 2.05) is 6.07 Å². The summed E-state index contributed by atoms with van der Waals surface area (Å²) in [7, 11) is 0. The quantitative estimate of drug-likeness (QED) is 0.383. The zero-order valence-corrected chi connectivity index (χ0v) is 15.5. The van der Waals surface area contributed by atoms with Crippen LogP contribution >= 0.6 is 0 Å². The molecule has 0 aliphatic carbocycles. The molecular formula is C21H15FN8. The van der Waals surface area contributed by atoms with Crippen LogP contribution < -0.4 is 22.1 Å². The summed E-state index contributed by atoms with van der Waals surface area (Å²) >= 11 is 0. The van der Waals surface area contributed by atoms with Crippen LogP contribution in [0.4, 0.5) is 21.7 Å². The maximum Gasteiger partial charge on any atom is 0.211 e. The average molecular weight is 398 g/mol. The first-order valence-corrected chi connectivity index (χ1v) is 8.87. The average Bonchev–Trinajstić information content (AvgIpc) is 2.74. The van der Waals surface area contributed by atoms with Gasteiger partial charge in [-0.1, -0.05) is 36.4 Å². The molecule has 0 radical (unpaired) electrons. The number of hydrogen-bond donors (Lipinski definition) is 4. The molecule has 1 aromatic heterocycles. The molecule has 1 unspecified atom stereocenters. The highest BCUT2D eigenvalue weighted by molar-refractivity contribution is 5.98. The van der Waals surface area contributed by atoms with Crippen LogP contribution in [-0.4, -0.2) is 10.9 Å². The molecule has 2 heterocycles. The highest BCUT2D eigenvalue weighted by atomic mass is 19.1. The summed E-state index contributed by atoms with van der Waals surface area (Å²) in [5.74, 6) is 0.0649. The molecule has 0 saturated heterocycles. The van der Waals surface area contributed by atoms with E-state index in [2.05, 4.69) is 20.6 Å². The number of nitrogens with zero attached hydrogens (tertiary/aromatic N) is 4. The highest BCUT2D eigenvalue weighted by Gasteiger charge is 2.29. The first kappa shape index (κ1) is 18.7. The van der Waals surface area contributed by atoms with E-state index in [1.54, 1.807) is 48.7 Å². The predicted octanol–water partition coefficient (Wildman–Crippen LogP) is 2.87. The molecule has 0 amide bonds. The Morgan fingerprint density at radius 1 is 1.10 bits per heavy atom. The topological polar surface area (TPSA) is 149 Å². The maximum atomic E-state index is 14.3. The normalized spacial score (nSPS) is 14.5. The van der Waals surface area contributed by atoms with Gasteiger partial charge in [0.05, 0.1) is 5.69 Å². The van der Waals surface area contributed by atoms with Crippen LogP contribution in [0.2, 0.25) is 0 Å². The molecule has 1 aliphatic rings. The van der Waals surface area contributed by atoms with Gasteiger partial charge in [-0.25, -0.2) is 14.4 Å². The smallest absolute Gasteiger partial charge is 0.211 e. The fourth-order valence-electron chi connectivity index (χ4n) is 3.39. The number of hydrogen-bond acceptors (Lipinski definition) is 8. The summed E-state index contributed by atoms with van der Waals surface area (Å²) in [6, 6.07) is 14.9. The summed E-state index contributed by atoms with van der Waals surface area (Å²) in [6.45, 7) is 0. The number of rotatable bonds is 2. The minimum atomic E-state index is -0.691. The first-order valence-electron chi connectivity index (χ1n) is 8.87. The summed E-state index contributed by atoms with van der Waals surface area (Å²) in [6.07, 6.45) is 1.80. The van der Waals surface area contributed by atoms with Crippen molar-refractivity contribution in [3.05, 3.63) is 71.0 Å². The Kier molecular flexibility index (Phi) is 4.63. The van der Waals surface area contributed by atoms with Crippen molar-refractivity contribution < 1.29 is 4.39 Å². The molecule has 0 fully saturated rings. The van der Waals surface area contributed by atoms with E-state index in [9.17, 15) is 9.65 Å². The van der Waals surface area contributed by atoms with Crippen LogP contribution in [0.1, 0.15) is 22.7 Å². The Bertz CT molecular complexity index is 1270. The van der Waals surface area contributed by atoms with E-state index in [0.29, 0.717) is 22.3 Å². The largest absolute Gasteiger partial charge is 0.397 e. The van der Waals surface area contributed by atoms with Crippen LogP contribution in [-0.2, 0) is 0 Å². The van der Waals surface area contributed by atoms with Gasteiger partial charge >= 0.3 is 0 Å². The van der Waals surface area contributed by atoms with Gasteiger partial charge in [0, 0.05) is 11.1 Å². The number of nitriles is 2. The molecule has 0 saturated carbocycles. The Balaban J connectivity index is 1.91. The third-order valence-corrected chi connectivity index (χ3v) is 4.74. The number of guanidine groups is 1. The Morgan fingerprint density at radius 2 is 1.90 bits per heavy atom. The Labute approximate surface area is 171 Å². The number of anilines is 3. The number of aromatic nitrogens is 1.